The van der Waals surface area contributed by atoms with E-state index in [-0.39, 0.29) is 5.91 Å². The topological polar surface area (TPSA) is 61.0 Å². The summed E-state index contributed by atoms with van der Waals surface area (Å²) in [5.41, 5.74) is 1.49. The summed E-state index contributed by atoms with van der Waals surface area (Å²) >= 11 is 0. The monoisotopic (exact) mass is 278 g/mol. The average molecular weight is 278 g/mol. The summed E-state index contributed by atoms with van der Waals surface area (Å²) in [4.78, 5) is 14.4. The van der Waals surface area contributed by atoms with Crippen LogP contribution in [0.25, 0.3) is 0 Å². The van der Waals surface area contributed by atoms with E-state index in [1.54, 1.807) is 0 Å². The Kier molecular flexibility index (Phi) is 5.17. The Balaban J connectivity index is 1.74. The van der Waals surface area contributed by atoms with Gasteiger partial charge in [-0.2, -0.15) is 5.10 Å². The molecule has 5 heteroatoms. The van der Waals surface area contributed by atoms with Gasteiger partial charge in [0.25, 0.3) is 5.91 Å². The second kappa shape index (κ2) is 6.88. The van der Waals surface area contributed by atoms with Crippen molar-refractivity contribution in [3.63, 3.8) is 0 Å². The molecule has 112 valence electrons. The van der Waals surface area contributed by atoms with Gasteiger partial charge >= 0.3 is 0 Å². The molecule has 2 heterocycles. The molecule has 1 saturated heterocycles. The molecule has 5 nitrogen and oxygen atoms in total. The van der Waals surface area contributed by atoms with Crippen LogP contribution in [0, 0.1) is 5.92 Å². The number of hydrogen-bond acceptors (Lipinski definition) is 3. The smallest absolute Gasteiger partial charge is 0.271 e. The summed E-state index contributed by atoms with van der Waals surface area (Å²) in [6.45, 7) is 10.4. The lowest BCUT2D eigenvalue weighted by Crippen LogP contribution is -2.40. The van der Waals surface area contributed by atoms with E-state index in [1.165, 1.54) is 12.8 Å². The molecule has 0 unspecified atom stereocenters. The quantitative estimate of drug-likeness (QED) is 0.866. The van der Waals surface area contributed by atoms with E-state index in [4.69, 9.17) is 0 Å². The molecule has 0 saturated carbocycles. The Labute approximate surface area is 121 Å². The van der Waals surface area contributed by atoms with Crippen molar-refractivity contribution in [1.82, 2.24) is 20.4 Å². The van der Waals surface area contributed by atoms with E-state index in [0.29, 0.717) is 18.2 Å². The fourth-order valence-corrected chi connectivity index (χ4v) is 2.66. The van der Waals surface area contributed by atoms with Gasteiger partial charge < -0.3 is 10.2 Å². The van der Waals surface area contributed by atoms with Crippen molar-refractivity contribution in [2.45, 2.75) is 39.5 Å². The molecule has 1 atom stereocenters. The number of hydrogen-bond donors (Lipinski definition) is 2. The first kappa shape index (κ1) is 15.0. The molecule has 0 aliphatic carbocycles. The fourth-order valence-electron chi connectivity index (χ4n) is 2.66. The van der Waals surface area contributed by atoms with Crippen molar-refractivity contribution < 1.29 is 4.79 Å². The summed E-state index contributed by atoms with van der Waals surface area (Å²) in [5, 5.41) is 9.92. The zero-order valence-electron chi connectivity index (χ0n) is 12.8. The van der Waals surface area contributed by atoms with E-state index >= 15 is 0 Å². The van der Waals surface area contributed by atoms with Crippen LogP contribution in [0.5, 0.6) is 0 Å². The van der Waals surface area contributed by atoms with E-state index < -0.39 is 0 Å². The minimum absolute atomic E-state index is 0.0850. The van der Waals surface area contributed by atoms with E-state index in [1.807, 2.05) is 6.07 Å². The van der Waals surface area contributed by atoms with Crippen molar-refractivity contribution in [2.24, 2.45) is 5.92 Å². The summed E-state index contributed by atoms with van der Waals surface area (Å²) in [6, 6.07) is 1.84. The van der Waals surface area contributed by atoms with Crippen LogP contribution in [-0.2, 0) is 0 Å². The van der Waals surface area contributed by atoms with Crippen LogP contribution >= 0.6 is 0 Å². The lowest BCUT2D eigenvalue weighted by molar-refractivity contribution is 0.0939. The van der Waals surface area contributed by atoms with E-state index in [0.717, 1.165) is 31.2 Å². The zero-order valence-corrected chi connectivity index (χ0v) is 12.8. The number of piperidine rings is 1. The molecule has 0 radical (unpaired) electrons. The third-order valence-corrected chi connectivity index (χ3v) is 3.91. The van der Waals surface area contributed by atoms with Crippen molar-refractivity contribution in [3.8, 4) is 0 Å². The standard InChI is InChI=1S/C15H26N4O/c1-11(2)13-9-14(18-17-13)15(20)16-6-8-19-7-4-5-12(3)10-19/h9,11-12H,4-8,10H2,1-3H3,(H,16,20)(H,17,18)/t12-/m1/s1. The van der Waals surface area contributed by atoms with Crippen LogP contribution in [0.4, 0.5) is 0 Å². The molecule has 1 aromatic heterocycles. The van der Waals surface area contributed by atoms with E-state index in [2.05, 4.69) is 41.2 Å². The third kappa shape index (κ3) is 4.07. The van der Waals surface area contributed by atoms with Gasteiger partial charge in [0.05, 0.1) is 0 Å². The number of carbonyl (C=O) groups excluding carboxylic acids is 1. The molecule has 2 rings (SSSR count). The first-order chi connectivity index (χ1) is 9.56. The van der Waals surface area contributed by atoms with E-state index in [9.17, 15) is 4.79 Å². The van der Waals surface area contributed by atoms with Gasteiger partial charge in [0.15, 0.2) is 0 Å². The zero-order chi connectivity index (χ0) is 14.5. The maximum absolute atomic E-state index is 12.0. The summed E-state index contributed by atoms with van der Waals surface area (Å²) in [5.74, 6) is 1.05. The van der Waals surface area contributed by atoms with Crippen molar-refractivity contribution >= 4 is 5.91 Å². The maximum atomic E-state index is 12.0. The SMILES string of the molecule is CC(C)c1cc(C(=O)NCCN2CCC[C@@H](C)C2)n[nH]1. The van der Waals surface area contributed by atoms with Crippen molar-refractivity contribution in [2.75, 3.05) is 26.2 Å². The molecule has 0 aromatic carbocycles. The van der Waals surface area contributed by atoms with Crippen LogP contribution in [0.15, 0.2) is 6.07 Å². The molecule has 1 aromatic rings. The molecular weight excluding hydrogens is 252 g/mol. The average Bonchev–Trinajstić information content (AvgIpc) is 2.88. The fraction of sp³-hybridized carbons (Fsp3) is 0.733. The van der Waals surface area contributed by atoms with Gasteiger partial charge in [0.2, 0.25) is 0 Å². The Morgan fingerprint density at radius 3 is 3.05 bits per heavy atom. The lowest BCUT2D eigenvalue weighted by atomic mass is 10.0. The number of carbonyl (C=O) groups is 1. The molecule has 20 heavy (non-hydrogen) atoms. The third-order valence-electron chi connectivity index (χ3n) is 3.91. The predicted molar refractivity (Wildman–Crippen MR) is 79.8 cm³/mol. The molecule has 2 N–H and O–H groups in total. The highest BCUT2D eigenvalue weighted by Crippen LogP contribution is 2.14. The first-order valence-electron chi connectivity index (χ1n) is 7.62. The lowest BCUT2D eigenvalue weighted by Gasteiger charge is -2.30. The molecule has 1 aliphatic rings. The molecule has 1 aliphatic heterocycles. The first-order valence-corrected chi connectivity index (χ1v) is 7.62. The molecule has 0 bridgehead atoms. The number of amides is 1. The number of likely N-dealkylation sites (tertiary alicyclic amines) is 1. The Morgan fingerprint density at radius 1 is 1.60 bits per heavy atom. The number of H-pyrrole nitrogens is 1. The van der Waals surface area contributed by atoms with Crippen molar-refractivity contribution in [3.05, 3.63) is 17.5 Å². The molecule has 1 fully saturated rings. The number of aromatic amines is 1. The number of rotatable bonds is 5. The highest BCUT2D eigenvalue weighted by Gasteiger charge is 2.16. The predicted octanol–water partition coefficient (Wildman–Crippen LogP) is 1.99. The van der Waals surface area contributed by atoms with Gasteiger partial charge in [0.1, 0.15) is 5.69 Å². The summed E-state index contributed by atoms with van der Waals surface area (Å²) < 4.78 is 0. The van der Waals surface area contributed by atoms with Gasteiger partial charge in [-0.25, -0.2) is 0 Å². The molecule has 0 spiro atoms. The van der Waals surface area contributed by atoms with Gasteiger partial charge in [-0.15, -0.1) is 0 Å². The normalized spacial score (nSPS) is 20.3. The number of nitrogens with one attached hydrogen (secondary N) is 2. The number of aromatic nitrogens is 2. The minimum Gasteiger partial charge on any atom is -0.349 e. The van der Waals surface area contributed by atoms with Crippen LogP contribution in [0.2, 0.25) is 0 Å². The van der Waals surface area contributed by atoms with Crippen LogP contribution in [0.1, 0.15) is 55.7 Å². The largest absolute Gasteiger partial charge is 0.349 e. The Hall–Kier alpha value is -1.36. The summed E-state index contributed by atoms with van der Waals surface area (Å²) in [6.07, 6.45) is 2.60. The van der Waals surface area contributed by atoms with Crippen LogP contribution < -0.4 is 5.32 Å². The van der Waals surface area contributed by atoms with Gasteiger partial charge in [-0.05, 0) is 37.3 Å². The number of nitrogens with zero attached hydrogens (tertiary/aromatic N) is 2. The summed E-state index contributed by atoms with van der Waals surface area (Å²) in [7, 11) is 0. The van der Waals surface area contributed by atoms with Gasteiger partial charge in [-0.3, -0.25) is 9.89 Å². The minimum atomic E-state index is -0.0850. The Bertz CT molecular complexity index is 441. The van der Waals surface area contributed by atoms with Crippen LogP contribution in [0.3, 0.4) is 0 Å². The second-order valence-corrected chi connectivity index (χ2v) is 6.17. The maximum Gasteiger partial charge on any atom is 0.271 e. The van der Waals surface area contributed by atoms with Gasteiger partial charge in [-0.1, -0.05) is 20.8 Å². The van der Waals surface area contributed by atoms with Crippen molar-refractivity contribution in [1.29, 1.82) is 0 Å². The molecule has 1 amide bonds. The highest BCUT2D eigenvalue weighted by molar-refractivity contribution is 5.92. The molecular formula is C15H26N4O. The highest BCUT2D eigenvalue weighted by atomic mass is 16.1. The Morgan fingerprint density at radius 2 is 2.40 bits per heavy atom. The van der Waals surface area contributed by atoms with Crippen LogP contribution in [-0.4, -0.2) is 47.2 Å². The second-order valence-electron chi connectivity index (χ2n) is 6.17. The van der Waals surface area contributed by atoms with Gasteiger partial charge in [0, 0.05) is 25.3 Å².